The van der Waals surface area contributed by atoms with Crippen molar-refractivity contribution in [2.45, 2.75) is 71.3 Å². The minimum Gasteiger partial charge on any atom is -0.353 e. The van der Waals surface area contributed by atoms with Crippen molar-refractivity contribution in [3.63, 3.8) is 0 Å². The van der Waals surface area contributed by atoms with Crippen LogP contribution < -0.4 is 10.6 Å². The maximum absolute atomic E-state index is 12.4. The molecular formula is C16H31ClN2O. The molecule has 2 aliphatic rings. The first-order valence-electron chi connectivity index (χ1n) is 8.16. The third kappa shape index (κ3) is 4.63. The number of amides is 1. The average Bonchev–Trinajstić information content (AvgIpc) is 2.42. The van der Waals surface area contributed by atoms with Crippen LogP contribution in [0.4, 0.5) is 0 Å². The van der Waals surface area contributed by atoms with Crippen LogP contribution in [0.3, 0.4) is 0 Å². The van der Waals surface area contributed by atoms with Gasteiger partial charge in [0.15, 0.2) is 0 Å². The summed E-state index contributed by atoms with van der Waals surface area (Å²) in [6.07, 6.45) is 9.76. The van der Waals surface area contributed by atoms with Crippen molar-refractivity contribution in [1.29, 1.82) is 0 Å². The molecule has 0 aromatic heterocycles. The lowest BCUT2D eigenvalue weighted by atomic mass is 9.80. The van der Waals surface area contributed by atoms with Crippen molar-refractivity contribution in [3.05, 3.63) is 0 Å². The van der Waals surface area contributed by atoms with E-state index < -0.39 is 0 Å². The predicted octanol–water partition coefficient (Wildman–Crippen LogP) is 3.27. The largest absolute Gasteiger partial charge is 0.353 e. The predicted molar refractivity (Wildman–Crippen MR) is 86.3 cm³/mol. The lowest BCUT2D eigenvalue weighted by Crippen LogP contribution is -2.51. The van der Waals surface area contributed by atoms with E-state index in [1.165, 1.54) is 38.5 Å². The van der Waals surface area contributed by atoms with Gasteiger partial charge in [-0.25, -0.2) is 0 Å². The first-order chi connectivity index (χ1) is 9.14. The molecule has 0 bridgehead atoms. The Bertz CT molecular complexity index is 295. The van der Waals surface area contributed by atoms with Gasteiger partial charge in [0, 0.05) is 12.6 Å². The Labute approximate surface area is 130 Å². The van der Waals surface area contributed by atoms with E-state index in [4.69, 9.17) is 0 Å². The first-order valence-corrected chi connectivity index (χ1v) is 8.16. The zero-order valence-corrected chi connectivity index (χ0v) is 13.9. The van der Waals surface area contributed by atoms with Gasteiger partial charge >= 0.3 is 0 Å². The van der Waals surface area contributed by atoms with Gasteiger partial charge in [-0.15, -0.1) is 12.4 Å². The molecule has 1 unspecified atom stereocenters. The third-order valence-electron chi connectivity index (χ3n) is 5.02. The van der Waals surface area contributed by atoms with Gasteiger partial charge in [0.05, 0.1) is 5.41 Å². The Morgan fingerprint density at radius 2 is 2.00 bits per heavy atom. The molecule has 2 rings (SSSR count). The van der Waals surface area contributed by atoms with Crippen LogP contribution in [0.15, 0.2) is 0 Å². The zero-order chi connectivity index (χ0) is 13.7. The van der Waals surface area contributed by atoms with E-state index in [0.717, 1.165) is 31.8 Å². The topological polar surface area (TPSA) is 41.1 Å². The third-order valence-corrected chi connectivity index (χ3v) is 5.02. The summed E-state index contributed by atoms with van der Waals surface area (Å²) in [7, 11) is 0. The normalized spacial score (nSPS) is 34.1. The van der Waals surface area contributed by atoms with Gasteiger partial charge in [-0.2, -0.15) is 0 Å². The maximum atomic E-state index is 12.4. The quantitative estimate of drug-likeness (QED) is 0.837. The van der Waals surface area contributed by atoms with Crippen molar-refractivity contribution >= 4 is 18.3 Å². The van der Waals surface area contributed by atoms with Gasteiger partial charge in [0.2, 0.25) is 5.91 Å². The molecule has 4 heteroatoms. The first kappa shape index (κ1) is 17.8. The summed E-state index contributed by atoms with van der Waals surface area (Å²) < 4.78 is 0. The molecule has 1 heterocycles. The Morgan fingerprint density at radius 1 is 1.30 bits per heavy atom. The smallest absolute Gasteiger partial charge is 0.227 e. The lowest BCUT2D eigenvalue weighted by Gasteiger charge is -2.36. The van der Waals surface area contributed by atoms with Crippen molar-refractivity contribution in [2.75, 3.05) is 13.1 Å². The van der Waals surface area contributed by atoms with Crippen LogP contribution in [0, 0.1) is 11.3 Å². The van der Waals surface area contributed by atoms with Crippen LogP contribution in [-0.4, -0.2) is 25.0 Å². The van der Waals surface area contributed by atoms with Crippen molar-refractivity contribution in [3.8, 4) is 0 Å². The van der Waals surface area contributed by atoms with Gasteiger partial charge in [0.1, 0.15) is 0 Å². The number of nitrogens with one attached hydrogen (secondary N) is 2. The van der Waals surface area contributed by atoms with Crippen LogP contribution >= 0.6 is 12.4 Å². The molecule has 0 radical (unpaired) electrons. The lowest BCUT2D eigenvalue weighted by molar-refractivity contribution is -0.132. The summed E-state index contributed by atoms with van der Waals surface area (Å²) in [4.78, 5) is 12.4. The van der Waals surface area contributed by atoms with Crippen LogP contribution in [0.25, 0.3) is 0 Å². The van der Waals surface area contributed by atoms with E-state index in [9.17, 15) is 4.79 Å². The summed E-state index contributed by atoms with van der Waals surface area (Å²) in [5.41, 5.74) is -0.182. The van der Waals surface area contributed by atoms with Crippen LogP contribution in [0.2, 0.25) is 0 Å². The summed E-state index contributed by atoms with van der Waals surface area (Å²) in [5.74, 6) is 1.18. The van der Waals surface area contributed by atoms with Crippen molar-refractivity contribution < 1.29 is 4.79 Å². The van der Waals surface area contributed by atoms with Gasteiger partial charge in [-0.3, -0.25) is 4.79 Å². The minimum absolute atomic E-state index is 0. The molecule has 118 valence electrons. The second kappa shape index (κ2) is 8.23. The number of hydrogen-bond donors (Lipinski definition) is 2. The van der Waals surface area contributed by atoms with Gasteiger partial charge in [0.25, 0.3) is 0 Å². The van der Waals surface area contributed by atoms with Crippen molar-refractivity contribution in [1.82, 2.24) is 10.6 Å². The van der Waals surface area contributed by atoms with Crippen LogP contribution in [0.1, 0.15) is 65.2 Å². The summed E-state index contributed by atoms with van der Waals surface area (Å²) in [5, 5.41) is 6.67. The van der Waals surface area contributed by atoms with Crippen LogP contribution in [-0.2, 0) is 4.79 Å². The molecule has 0 spiro atoms. The van der Waals surface area contributed by atoms with E-state index in [-0.39, 0.29) is 23.7 Å². The molecule has 1 amide bonds. The van der Waals surface area contributed by atoms with Gasteiger partial charge in [-0.1, -0.05) is 19.8 Å². The van der Waals surface area contributed by atoms with Crippen molar-refractivity contribution in [2.24, 2.45) is 11.3 Å². The molecule has 1 saturated heterocycles. The molecule has 1 aliphatic heterocycles. The number of carbonyl (C=O) groups excluding carboxylic acids is 1. The number of carbonyl (C=O) groups is 1. The summed E-state index contributed by atoms with van der Waals surface area (Å²) in [6, 6.07) is 0.430. The van der Waals surface area contributed by atoms with E-state index in [0.29, 0.717) is 6.04 Å². The highest BCUT2D eigenvalue weighted by molar-refractivity contribution is 5.85. The molecule has 2 N–H and O–H groups in total. The molecule has 3 nitrogen and oxygen atoms in total. The molecular weight excluding hydrogens is 272 g/mol. The summed E-state index contributed by atoms with van der Waals surface area (Å²) >= 11 is 0. The maximum Gasteiger partial charge on any atom is 0.227 e. The minimum atomic E-state index is -0.182. The second-order valence-corrected chi connectivity index (χ2v) is 6.82. The Hall–Kier alpha value is -0.280. The number of hydrogen-bond acceptors (Lipinski definition) is 2. The van der Waals surface area contributed by atoms with E-state index in [1.54, 1.807) is 0 Å². The highest BCUT2D eigenvalue weighted by Crippen LogP contribution is 2.30. The molecule has 1 atom stereocenters. The summed E-state index contributed by atoms with van der Waals surface area (Å²) in [6.45, 7) is 6.27. The standard InChI is InChI=1S/C16H30N2O.ClH/c1-3-5-13-6-8-14(9-7-13)18-15(19)16(2)10-4-11-17-12-16;/h13-14,17H,3-12H2,1-2H3,(H,18,19);1H. The Morgan fingerprint density at radius 3 is 2.55 bits per heavy atom. The van der Waals surface area contributed by atoms with Gasteiger partial charge < -0.3 is 10.6 Å². The van der Waals surface area contributed by atoms with E-state index >= 15 is 0 Å². The fourth-order valence-electron chi connectivity index (χ4n) is 3.61. The molecule has 1 aliphatic carbocycles. The average molecular weight is 303 g/mol. The number of piperidine rings is 1. The molecule has 2 fully saturated rings. The molecule has 1 saturated carbocycles. The molecule has 20 heavy (non-hydrogen) atoms. The molecule has 0 aromatic rings. The number of rotatable bonds is 4. The number of halogens is 1. The zero-order valence-electron chi connectivity index (χ0n) is 13.0. The van der Waals surface area contributed by atoms with E-state index in [2.05, 4.69) is 24.5 Å². The molecule has 0 aromatic carbocycles. The second-order valence-electron chi connectivity index (χ2n) is 6.82. The van der Waals surface area contributed by atoms with Crippen LogP contribution in [0.5, 0.6) is 0 Å². The monoisotopic (exact) mass is 302 g/mol. The Balaban J connectivity index is 0.00000200. The SMILES string of the molecule is CCCC1CCC(NC(=O)C2(C)CCCNC2)CC1.Cl. The Kier molecular flexibility index (Phi) is 7.32. The highest BCUT2D eigenvalue weighted by atomic mass is 35.5. The van der Waals surface area contributed by atoms with E-state index in [1.807, 2.05) is 0 Å². The van der Waals surface area contributed by atoms with Gasteiger partial charge in [-0.05, 0) is 57.9 Å². The highest BCUT2D eigenvalue weighted by Gasteiger charge is 2.36. The fourth-order valence-corrected chi connectivity index (χ4v) is 3.61. The fraction of sp³-hybridized carbons (Fsp3) is 0.938.